The summed E-state index contributed by atoms with van der Waals surface area (Å²) >= 11 is 0. The number of hydrogen-bond acceptors (Lipinski definition) is 3. The molecule has 0 spiro atoms. The van der Waals surface area contributed by atoms with Gasteiger partial charge in [-0.3, -0.25) is 9.59 Å². The molecule has 4 nitrogen and oxygen atoms in total. The van der Waals surface area contributed by atoms with E-state index in [1.54, 1.807) is 6.92 Å². The van der Waals surface area contributed by atoms with Crippen molar-refractivity contribution in [3.8, 4) is 0 Å². The van der Waals surface area contributed by atoms with Gasteiger partial charge in [-0.25, -0.2) is 0 Å². The van der Waals surface area contributed by atoms with Gasteiger partial charge in [0.1, 0.15) is 6.04 Å². The van der Waals surface area contributed by atoms with E-state index >= 15 is 0 Å². The Morgan fingerprint density at radius 1 is 1.58 bits per heavy atom. The second-order valence-electron chi connectivity index (χ2n) is 2.69. The van der Waals surface area contributed by atoms with Gasteiger partial charge in [0.05, 0.1) is 0 Å². The monoisotopic (exact) mass is 171 g/mol. The van der Waals surface area contributed by atoms with Crippen molar-refractivity contribution in [1.29, 1.82) is 0 Å². The van der Waals surface area contributed by atoms with Gasteiger partial charge in [-0.1, -0.05) is 6.58 Å². The number of rotatable bonds is 5. The zero-order valence-electron chi connectivity index (χ0n) is 7.04. The normalized spacial score (nSPS) is 12.2. The van der Waals surface area contributed by atoms with E-state index in [9.17, 15) is 9.59 Å². The molecule has 0 aliphatic heterocycles. The number of Topliss-reactive ketones (excluding diaryl/α,β-unsaturated/α-hetero) is 1. The van der Waals surface area contributed by atoms with E-state index in [4.69, 9.17) is 10.8 Å². The number of aliphatic carboxylic acids is 1. The Bertz CT molecular complexity index is 210. The summed E-state index contributed by atoms with van der Waals surface area (Å²) < 4.78 is 0. The largest absolute Gasteiger partial charge is 0.480 e. The van der Waals surface area contributed by atoms with Crippen LogP contribution < -0.4 is 5.73 Å². The van der Waals surface area contributed by atoms with Crippen molar-refractivity contribution in [3.05, 3.63) is 12.2 Å². The number of hydrogen-bond donors (Lipinski definition) is 2. The first kappa shape index (κ1) is 10.8. The van der Waals surface area contributed by atoms with E-state index in [0.29, 0.717) is 5.57 Å². The SMILES string of the molecule is C=C(C)C(=O)CCC(N)C(=O)O. The number of carboxylic acids is 1. The molecule has 4 heteroatoms. The van der Waals surface area contributed by atoms with E-state index in [0.717, 1.165) is 0 Å². The topological polar surface area (TPSA) is 80.4 Å². The van der Waals surface area contributed by atoms with E-state index in [2.05, 4.69) is 6.58 Å². The summed E-state index contributed by atoms with van der Waals surface area (Å²) in [6.07, 6.45) is 0.323. The fourth-order valence-electron chi connectivity index (χ4n) is 0.623. The number of carbonyl (C=O) groups is 2. The van der Waals surface area contributed by atoms with Crippen molar-refractivity contribution in [1.82, 2.24) is 0 Å². The molecule has 0 saturated carbocycles. The summed E-state index contributed by atoms with van der Waals surface area (Å²) in [7, 11) is 0. The zero-order chi connectivity index (χ0) is 9.72. The number of carboxylic acid groups (broad SMARTS) is 1. The van der Waals surface area contributed by atoms with Crippen LogP contribution in [0.2, 0.25) is 0 Å². The van der Waals surface area contributed by atoms with Gasteiger partial charge in [0.15, 0.2) is 5.78 Å². The van der Waals surface area contributed by atoms with Crippen molar-refractivity contribution >= 4 is 11.8 Å². The third-order valence-electron chi connectivity index (χ3n) is 1.48. The van der Waals surface area contributed by atoms with Gasteiger partial charge in [0.2, 0.25) is 0 Å². The average Bonchev–Trinajstić information content (AvgIpc) is 1.98. The lowest BCUT2D eigenvalue weighted by molar-refractivity contribution is -0.138. The third-order valence-corrected chi connectivity index (χ3v) is 1.48. The Kier molecular flexibility index (Phi) is 4.21. The molecule has 0 heterocycles. The number of allylic oxidation sites excluding steroid dienone is 1. The Hall–Kier alpha value is -1.16. The van der Waals surface area contributed by atoms with Crippen LogP contribution >= 0.6 is 0 Å². The molecule has 0 aromatic carbocycles. The number of carbonyl (C=O) groups excluding carboxylic acids is 1. The van der Waals surface area contributed by atoms with E-state index in [1.165, 1.54) is 0 Å². The Labute approximate surface area is 71.1 Å². The maximum atomic E-state index is 10.9. The minimum Gasteiger partial charge on any atom is -0.480 e. The first-order valence-electron chi connectivity index (χ1n) is 3.62. The standard InChI is InChI=1S/C8H13NO3/c1-5(2)7(10)4-3-6(9)8(11)12/h6H,1,3-4,9H2,2H3,(H,11,12). The summed E-state index contributed by atoms with van der Waals surface area (Å²) in [5, 5.41) is 8.37. The Morgan fingerprint density at radius 3 is 2.42 bits per heavy atom. The zero-order valence-corrected chi connectivity index (χ0v) is 7.04. The molecule has 1 atom stereocenters. The lowest BCUT2D eigenvalue weighted by atomic mass is 10.1. The van der Waals surface area contributed by atoms with Gasteiger partial charge in [-0.15, -0.1) is 0 Å². The second kappa shape index (κ2) is 4.66. The molecule has 0 rings (SSSR count). The highest BCUT2D eigenvalue weighted by Gasteiger charge is 2.13. The van der Waals surface area contributed by atoms with Crippen LogP contribution in [0, 0.1) is 0 Å². The quantitative estimate of drug-likeness (QED) is 0.584. The number of ketones is 1. The van der Waals surface area contributed by atoms with Crippen LogP contribution in [0.5, 0.6) is 0 Å². The Balaban J connectivity index is 3.76. The fourth-order valence-corrected chi connectivity index (χ4v) is 0.623. The van der Waals surface area contributed by atoms with Crippen LogP contribution in [0.25, 0.3) is 0 Å². The lowest BCUT2D eigenvalue weighted by Crippen LogP contribution is -2.30. The molecule has 0 radical (unpaired) electrons. The molecule has 0 aliphatic rings. The first-order chi connectivity index (χ1) is 5.45. The van der Waals surface area contributed by atoms with Crippen LogP contribution in [0.15, 0.2) is 12.2 Å². The van der Waals surface area contributed by atoms with Gasteiger partial charge < -0.3 is 10.8 Å². The predicted molar refractivity (Wildman–Crippen MR) is 44.7 cm³/mol. The molecule has 0 aliphatic carbocycles. The molecule has 68 valence electrons. The Morgan fingerprint density at radius 2 is 2.08 bits per heavy atom. The summed E-state index contributed by atoms with van der Waals surface area (Å²) in [4.78, 5) is 21.1. The maximum Gasteiger partial charge on any atom is 0.320 e. The molecule has 0 fully saturated rings. The van der Waals surface area contributed by atoms with Crippen molar-refractivity contribution < 1.29 is 14.7 Å². The molecular formula is C8H13NO3. The van der Waals surface area contributed by atoms with Gasteiger partial charge in [-0.2, -0.15) is 0 Å². The average molecular weight is 171 g/mol. The van der Waals surface area contributed by atoms with Crippen LogP contribution in [-0.4, -0.2) is 22.9 Å². The molecule has 0 amide bonds. The summed E-state index contributed by atoms with van der Waals surface area (Å²) in [6, 6.07) is -0.951. The van der Waals surface area contributed by atoms with Gasteiger partial charge in [0, 0.05) is 6.42 Å². The number of nitrogens with two attached hydrogens (primary N) is 1. The molecule has 1 unspecified atom stereocenters. The van der Waals surface area contributed by atoms with Gasteiger partial charge in [-0.05, 0) is 18.9 Å². The maximum absolute atomic E-state index is 10.9. The summed E-state index contributed by atoms with van der Waals surface area (Å²) in [5.74, 6) is -1.21. The minimum atomic E-state index is -1.08. The third kappa shape index (κ3) is 3.88. The van der Waals surface area contributed by atoms with Gasteiger partial charge >= 0.3 is 5.97 Å². The highest BCUT2D eigenvalue weighted by molar-refractivity contribution is 5.94. The summed E-state index contributed by atoms with van der Waals surface area (Å²) in [5.41, 5.74) is 5.62. The first-order valence-corrected chi connectivity index (χ1v) is 3.62. The molecule has 0 bridgehead atoms. The van der Waals surface area contributed by atoms with Crippen LogP contribution in [0.4, 0.5) is 0 Å². The smallest absolute Gasteiger partial charge is 0.320 e. The lowest BCUT2D eigenvalue weighted by Gasteiger charge is -2.04. The van der Waals surface area contributed by atoms with Crippen molar-refractivity contribution in [2.45, 2.75) is 25.8 Å². The van der Waals surface area contributed by atoms with Gasteiger partial charge in [0.25, 0.3) is 0 Å². The fraction of sp³-hybridized carbons (Fsp3) is 0.500. The van der Waals surface area contributed by atoms with Crippen molar-refractivity contribution in [2.24, 2.45) is 5.73 Å². The van der Waals surface area contributed by atoms with Crippen molar-refractivity contribution in [2.75, 3.05) is 0 Å². The van der Waals surface area contributed by atoms with E-state index in [1.807, 2.05) is 0 Å². The van der Waals surface area contributed by atoms with E-state index < -0.39 is 12.0 Å². The molecule has 0 saturated heterocycles. The van der Waals surface area contributed by atoms with Crippen LogP contribution in [0.3, 0.4) is 0 Å². The van der Waals surface area contributed by atoms with E-state index in [-0.39, 0.29) is 18.6 Å². The molecule has 3 N–H and O–H groups in total. The molecule has 12 heavy (non-hydrogen) atoms. The highest BCUT2D eigenvalue weighted by atomic mass is 16.4. The summed E-state index contributed by atoms with van der Waals surface area (Å²) in [6.45, 7) is 5.03. The van der Waals surface area contributed by atoms with Crippen LogP contribution in [0.1, 0.15) is 19.8 Å². The minimum absolute atomic E-state index is 0.133. The second-order valence-corrected chi connectivity index (χ2v) is 2.69. The molecule has 0 aromatic heterocycles. The van der Waals surface area contributed by atoms with Crippen molar-refractivity contribution in [3.63, 3.8) is 0 Å². The highest BCUT2D eigenvalue weighted by Crippen LogP contribution is 2.01. The molecule has 0 aromatic rings. The predicted octanol–water partition coefficient (Wildman–Crippen LogP) is 0.324. The van der Waals surface area contributed by atoms with Crippen LogP contribution in [-0.2, 0) is 9.59 Å². The molecular weight excluding hydrogens is 158 g/mol.